The van der Waals surface area contributed by atoms with E-state index in [0.29, 0.717) is 91.7 Å². The summed E-state index contributed by atoms with van der Waals surface area (Å²) < 4.78 is 28.2. The van der Waals surface area contributed by atoms with Gasteiger partial charge in [-0.2, -0.15) is 7.11 Å². The van der Waals surface area contributed by atoms with Gasteiger partial charge in [0, 0.05) is 110 Å². The number of nitrogen functional groups attached to an aromatic ring is 3. The third kappa shape index (κ3) is 19.3. The number of nitrogens with zero attached hydrogens (tertiary/aromatic N) is 14. The molecule has 0 radical (unpaired) electrons. The summed E-state index contributed by atoms with van der Waals surface area (Å²) in [6, 6.07) is -3.57. The molecule has 38 nitrogen and oxygen atoms in total. The number of aliphatic hydroxyl groups is 6. The summed E-state index contributed by atoms with van der Waals surface area (Å²) in [5.41, 5.74) is 31.1. The first-order valence-electron chi connectivity index (χ1n) is 34.7. The van der Waals surface area contributed by atoms with Gasteiger partial charge in [-0.15, -0.1) is 0 Å². The van der Waals surface area contributed by atoms with Crippen molar-refractivity contribution in [3.63, 3.8) is 0 Å². The molecule has 39 heteroatoms. The summed E-state index contributed by atoms with van der Waals surface area (Å²) in [6.45, 7) is 25.9. The van der Waals surface area contributed by atoms with E-state index in [1.807, 2.05) is 48.5 Å². The number of nitrogens with two attached hydrogens (primary N) is 3. The summed E-state index contributed by atoms with van der Waals surface area (Å²) in [4.78, 5) is 115. The van der Waals surface area contributed by atoms with Gasteiger partial charge in [0.15, 0.2) is 23.3 Å². The van der Waals surface area contributed by atoms with Crippen molar-refractivity contribution < 1.29 is 114 Å². The second-order valence-corrected chi connectivity index (χ2v) is 29.3. The molecule has 16 N–H and O–H groups in total. The average molecular weight is 1550 g/mol. The molecule has 12 rings (SSSR count). The standard InChI is InChI=1S/C20H27N7O4.C20H29N5O4.C16H23N5O5.C12H16N4O3.CH3O.2CH4.Na.H2/c1-7-13-10(2)17(30-11(3)28)16(27(13)19(29)31-20(4,5)6)12-8-22-15-14(12)23-9-24-18(15)25-26-21;1-7-13-10(2)17(28-11(3)26)16(25(13)19(27)29-20(4,5)6)12-8-22-15-14(12)23-9-24-18(15)21;1-16(2,3)26-15(25)21-8(5-22)12(23)13(24)11(21)7-4-18-10-9(7)19-6-20-14(10)17;13-12-9-8(15-4-16-12)7(2-14-9)6-1-5(3-17)10(18)11(6)19;1-2;;;;/h8-10,13,16-17,22H,7H2,1-6H3;8-10,13,16-17,22H,7H2,1-6H3,(H2,21,23,24);4,6,8,11-13,18,22-24H,5H2,1-3H3,(H2,17,19,20);2,4-6,10-11,14,17-19H,1,3H2,(H2,13,15,16);1H3;2*1H4;;1H/q;;;;-1;;;+1;/t2*10-,13-,16+,17-;8-,11+,12-,13+;5-,6+,10-,11+;;;;;/m1111...../s1. The molecule has 1 aliphatic carbocycles. The molecule has 3 saturated heterocycles. The number of aromatic nitrogens is 12. The Labute approximate surface area is 659 Å². The number of hydrogen-bond acceptors (Lipinski definition) is 29. The second-order valence-electron chi connectivity index (χ2n) is 29.3. The summed E-state index contributed by atoms with van der Waals surface area (Å²) in [5.74, 6) is -0.634. The minimum Gasteiger partial charge on any atom is -0.857 e. The summed E-state index contributed by atoms with van der Waals surface area (Å²) in [5, 5.41) is 71.6. The number of H-pyrrole nitrogens is 4. The van der Waals surface area contributed by atoms with Gasteiger partial charge in [-0.3, -0.25) is 24.3 Å². The zero-order chi connectivity index (χ0) is 79.2. The van der Waals surface area contributed by atoms with E-state index in [0.717, 1.165) is 17.6 Å². The van der Waals surface area contributed by atoms with Crippen molar-refractivity contribution in [3.8, 4) is 0 Å². The predicted molar refractivity (Wildman–Crippen MR) is 402 cm³/mol. The van der Waals surface area contributed by atoms with E-state index in [2.05, 4.69) is 69.8 Å². The quantitative estimate of drug-likeness (QED) is 0.0212. The van der Waals surface area contributed by atoms with Crippen LogP contribution >= 0.6 is 0 Å². The van der Waals surface area contributed by atoms with Crippen LogP contribution in [0.1, 0.15) is 186 Å². The van der Waals surface area contributed by atoms with Crippen molar-refractivity contribution in [2.75, 3.05) is 37.5 Å². The molecule has 8 aromatic rings. The van der Waals surface area contributed by atoms with Crippen molar-refractivity contribution in [1.82, 2.24) is 74.5 Å². The largest absolute Gasteiger partial charge is 1.00 e. The first-order valence-corrected chi connectivity index (χ1v) is 34.7. The molecule has 4 aliphatic rings. The van der Waals surface area contributed by atoms with Crippen molar-refractivity contribution >= 4 is 97.6 Å². The number of rotatable bonds is 11. The Bertz CT molecular complexity index is 4500. The fraction of sp³-hybridized carbons (Fsp3) is 0.592. The van der Waals surface area contributed by atoms with E-state index >= 15 is 0 Å². The molecule has 16 atom stereocenters. The van der Waals surface area contributed by atoms with Gasteiger partial charge in [0.25, 0.3) is 0 Å². The molecule has 600 valence electrons. The predicted octanol–water partition coefficient (Wildman–Crippen LogP) is 4.49. The third-order valence-corrected chi connectivity index (χ3v) is 18.9. The molecule has 8 aromatic heterocycles. The van der Waals surface area contributed by atoms with E-state index in [1.165, 1.54) is 39.2 Å². The normalized spacial score (nSPS) is 24.8. The number of esters is 2. The molecule has 0 bridgehead atoms. The molecule has 4 fully saturated rings. The van der Waals surface area contributed by atoms with Crippen LogP contribution < -0.4 is 51.9 Å². The number of likely N-dealkylation sites (tertiary alicyclic amines) is 3. The summed E-state index contributed by atoms with van der Waals surface area (Å²) in [7, 11) is 0.750. The number of azide groups is 1. The molecular formula is C71H108N21NaO17. The Kier molecular flexibility index (Phi) is 31.2. The number of aromatic amines is 4. The Morgan fingerprint density at radius 1 is 0.536 bits per heavy atom. The van der Waals surface area contributed by atoms with Gasteiger partial charge >= 0.3 is 59.8 Å². The van der Waals surface area contributed by atoms with Crippen LogP contribution in [0.4, 0.5) is 37.7 Å². The van der Waals surface area contributed by atoms with E-state index < -0.39 is 114 Å². The van der Waals surface area contributed by atoms with E-state index in [-0.39, 0.29) is 99.8 Å². The minimum absolute atomic E-state index is 0. The van der Waals surface area contributed by atoms with Gasteiger partial charge < -0.3 is 96.6 Å². The van der Waals surface area contributed by atoms with Crippen molar-refractivity contribution in [2.45, 2.75) is 234 Å². The maximum Gasteiger partial charge on any atom is 1.00 e. The molecule has 11 heterocycles. The zero-order valence-electron chi connectivity index (χ0n) is 63.6. The number of fused-ring (bicyclic) bond motifs is 4. The maximum atomic E-state index is 13.3. The number of aliphatic hydroxyl groups excluding tert-OH is 6. The van der Waals surface area contributed by atoms with Crippen LogP contribution in [0.15, 0.2) is 55.2 Å². The number of amides is 3. The number of carbonyl (C=O) groups excluding carboxylic acids is 5. The zero-order valence-corrected chi connectivity index (χ0v) is 65.6. The molecule has 110 heavy (non-hydrogen) atoms. The molecule has 0 unspecified atom stereocenters. The van der Waals surface area contributed by atoms with E-state index in [9.17, 15) is 54.6 Å². The topological polar surface area (TPSA) is 579 Å². The van der Waals surface area contributed by atoms with Crippen LogP contribution in [0, 0.1) is 17.8 Å². The number of anilines is 3. The molecule has 3 aliphatic heterocycles. The minimum atomic E-state index is -1.35. The summed E-state index contributed by atoms with van der Waals surface area (Å²) in [6.07, 6.45) is 6.51. The number of ether oxygens (including phenoxy) is 5. The van der Waals surface area contributed by atoms with Crippen molar-refractivity contribution in [1.29, 1.82) is 0 Å². The van der Waals surface area contributed by atoms with Gasteiger partial charge in [-0.25, -0.2) is 54.3 Å². The Morgan fingerprint density at radius 3 is 1.21 bits per heavy atom. The molecule has 1 saturated carbocycles. The first-order chi connectivity index (χ1) is 50.4. The maximum absolute atomic E-state index is 13.3. The number of hydrogen-bond donors (Lipinski definition) is 13. The van der Waals surface area contributed by atoms with Gasteiger partial charge in [0.1, 0.15) is 95.2 Å². The smallest absolute Gasteiger partial charge is 0.857 e. The Morgan fingerprint density at radius 2 is 0.873 bits per heavy atom. The van der Waals surface area contributed by atoms with Crippen LogP contribution in [0.2, 0.25) is 0 Å². The monoisotopic (exact) mass is 1550 g/mol. The molecular weight excluding hydrogens is 1440 g/mol. The van der Waals surface area contributed by atoms with Gasteiger partial charge in [0.05, 0.1) is 58.5 Å². The van der Waals surface area contributed by atoms with E-state index in [4.69, 9.17) is 51.5 Å². The molecule has 0 aromatic carbocycles. The fourth-order valence-corrected chi connectivity index (χ4v) is 14.5. The molecule has 0 spiro atoms. The van der Waals surface area contributed by atoms with Crippen LogP contribution in [0.25, 0.3) is 54.6 Å². The third-order valence-electron chi connectivity index (χ3n) is 18.9. The molecule has 3 amide bonds. The van der Waals surface area contributed by atoms with E-state index in [1.54, 1.807) is 76.1 Å². The Balaban J connectivity index is 0.000000309. The number of nitrogens with one attached hydrogen (secondary N) is 4. The van der Waals surface area contributed by atoms with Crippen LogP contribution in [0.3, 0.4) is 0 Å². The summed E-state index contributed by atoms with van der Waals surface area (Å²) >= 11 is 0. The van der Waals surface area contributed by atoms with Crippen LogP contribution in [0.5, 0.6) is 0 Å². The first kappa shape index (κ1) is 91.3. The van der Waals surface area contributed by atoms with Gasteiger partial charge in [-0.1, -0.05) is 42.5 Å². The van der Waals surface area contributed by atoms with Crippen molar-refractivity contribution in [3.05, 3.63) is 82.8 Å². The van der Waals surface area contributed by atoms with Gasteiger partial charge in [-0.05, 0) is 92.2 Å². The van der Waals surface area contributed by atoms with Gasteiger partial charge in [0.2, 0.25) is 0 Å². The Hall–Kier alpha value is -9.34. The van der Waals surface area contributed by atoms with Crippen LogP contribution in [-0.2, 0) is 33.3 Å². The van der Waals surface area contributed by atoms with Crippen LogP contribution in [-0.4, -0.2) is 227 Å². The SMILES string of the molecule is C.C.CC(C)(C)OC(=O)N1[C@H](CO)[C@@H](O)[C@@H](O)[C@@H]1c1c[nH]c2c(N)ncnc12.CC[C@@H]1[C@@H](C)[C@@H](OC(C)=O)[C@H](c2c[nH]c3c(N)ncnc23)N1C(=O)OC(C)(C)C.CC[C@@H]1[C@@H](C)[C@@H](OC(C)=O)[C@H](c2c[nH]c3c(N=[N+]=[N-])ncnc23)N1C(=O)OC(C)(C)C.C[O-].Nc1ncnc2c([C@@H]3C[C@H](CO)[C@@H](O)[C@H]3O)c[nH]c12.[HH].[Na+]. The number of carbonyl (C=O) groups is 5. The second kappa shape index (κ2) is 37.6. The fourth-order valence-electron chi connectivity index (χ4n) is 14.5. The average Bonchev–Trinajstić information content (AvgIpc) is 1.61. The van der Waals surface area contributed by atoms with Crippen molar-refractivity contribution in [2.24, 2.45) is 22.9 Å².